The first-order valence-electron chi connectivity index (χ1n) is 24.3. The summed E-state index contributed by atoms with van der Waals surface area (Å²) in [5.41, 5.74) is -0.994. The molecule has 0 radical (unpaired) electrons. The highest BCUT2D eigenvalue weighted by molar-refractivity contribution is 7.92. The van der Waals surface area contributed by atoms with Gasteiger partial charge in [0, 0.05) is 24.3 Å². The maximum absolute atomic E-state index is 14.5. The van der Waals surface area contributed by atoms with Crippen LogP contribution in [0.4, 0.5) is 0 Å². The third kappa shape index (κ3) is 12.0. The Labute approximate surface area is 442 Å². The highest BCUT2D eigenvalue weighted by Gasteiger charge is 2.62. The predicted molar refractivity (Wildman–Crippen MR) is 275 cm³/mol. The number of quaternary nitrogens is 1. The Balaban J connectivity index is 1.02. The fourth-order valence-electron chi connectivity index (χ4n) is 9.39. The van der Waals surface area contributed by atoms with Crippen LogP contribution in [0.3, 0.4) is 0 Å². The molecule has 24 heteroatoms. The van der Waals surface area contributed by atoms with E-state index in [0.29, 0.717) is 69.3 Å². The van der Waals surface area contributed by atoms with Gasteiger partial charge in [-0.3, -0.25) is 19.3 Å². The van der Waals surface area contributed by atoms with Crippen molar-refractivity contribution in [3.63, 3.8) is 0 Å². The zero-order chi connectivity index (χ0) is 54.0. The van der Waals surface area contributed by atoms with Crippen LogP contribution in [0.25, 0.3) is 0 Å². The SMILES string of the molecule is BOc1cc(C(=O)N2CC[N+]3(CC4=C(C(=O)OCc5ccc(OC)cc5)N5C(=O)[C@@H](NC(=O)/C(=N\OC(C)(C)C(=O)OC(C)(C)C)c6csc(C)n6)[C@H]5[S+]([O-])C4)CCC2CC3)[n+]([O-])cc1OCc1ccc(OC)cc1. The van der Waals surface area contributed by atoms with Gasteiger partial charge in [-0.2, -0.15) is 4.73 Å². The Bertz CT molecular complexity index is 2880. The first-order chi connectivity index (χ1) is 35.6. The number of pyridine rings is 1. The van der Waals surface area contributed by atoms with Crippen LogP contribution in [0.5, 0.6) is 23.0 Å². The third-order valence-electron chi connectivity index (χ3n) is 13.4. The lowest BCUT2D eigenvalue weighted by Gasteiger charge is -2.50. The van der Waals surface area contributed by atoms with Crippen molar-refractivity contribution >= 4 is 65.9 Å². The van der Waals surface area contributed by atoms with Gasteiger partial charge in [0.05, 0.1) is 57.0 Å². The Morgan fingerprint density at radius 3 is 2.19 bits per heavy atom. The monoisotopic (exact) mass is 1070 g/mol. The number of nitrogens with one attached hydrogen (secondary N) is 1. The summed E-state index contributed by atoms with van der Waals surface area (Å²) in [6, 6.07) is 14.0. The fraction of sp³-hybridized carbons (Fsp3) is 0.451. The molecule has 1 unspecified atom stereocenters. The zero-order valence-corrected chi connectivity index (χ0v) is 45.0. The molecule has 0 spiro atoms. The minimum atomic E-state index is -1.85. The lowest BCUT2D eigenvalue weighted by atomic mass is 9.99. The van der Waals surface area contributed by atoms with Crippen molar-refractivity contribution < 1.29 is 70.9 Å². The number of esters is 2. The standard InChI is InChI=1S/C51H60BN7O14S2/c1-30-53-37(28-74-30)41(55-73-51(5,6)49(64)71-50(2,3)4)44(60)54-42-46(62)58-43(48(63)70-27-32-11-15-36(68-8)16-12-32)33(29-75(66)47(42)58)25-59-20-17-34(18-21-59)56(19-22-59)45(61)38-23-39(72-52)40(24-57(38)65)69-26-31-9-13-35(67-7)14-10-31/h9-16,23-24,28,34,42,47H,17-22,25-27,29,52H2,1-8H3/p+1/b55-41-/t34?,42-,47-,59?,75?/m1/s1. The van der Waals surface area contributed by atoms with E-state index < -0.39 is 63.5 Å². The van der Waals surface area contributed by atoms with Gasteiger partial charge in [0.2, 0.25) is 22.9 Å². The van der Waals surface area contributed by atoms with Crippen molar-refractivity contribution in [3.05, 3.63) is 110 Å². The molecule has 3 atom stereocenters. The van der Waals surface area contributed by atoms with E-state index in [4.69, 9.17) is 33.2 Å². The summed E-state index contributed by atoms with van der Waals surface area (Å²) in [7, 11) is 4.54. The number of thiazole rings is 1. The molecule has 4 saturated heterocycles. The summed E-state index contributed by atoms with van der Waals surface area (Å²) in [4.78, 5) is 83.3. The van der Waals surface area contributed by atoms with Gasteiger partial charge in [0.1, 0.15) is 54.0 Å². The topological polar surface area (TPSA) is 244 Å². The number of nitrogens with zero attached hydrogens (tertiary/aromatic N) is 6. The first kappa shape index (κ1) is 54.4. The van der Waals surface area contributed by atoms with Gasteiger partial charge in [-0.1, -0.05) is 29.4 Å². The molecule has 2 aromatic carbocycles. The van der Waals surface area contributed by atoms with E-state index in [1.807, 2.05) is 12.1 Å². The average Bonchev–Trinajstić information content (AvgIpc) is 3.63. The number of rotatable bonds is 18. The number of oxime groups is 1. The highest BCUT2D eigenvalue weighted by Crippen LogP contribution is 2.40. The van der Waals surface area contributed by atoms with Crippen molar-refractivity contribution in [1.29, 1.82) is 0 Å². The number of amides is 3. The first-order valence-corrected chi connectivity index (χ1v) is 26.6. The Morgan fingerprint density at radius 1 is 0.960 bits per heavy atom. The Hall–Kier alpha value is -6.89. The van der Waals surface area contributed by atoms with Crippen LogP contribution in [0.2, 0.25) is 0 Å². The summed E-state index contributed by atoms with van der Waals surface area (Å²) in [5, 5.41) is 21.3. The lowest BCUT2D eigenvalue weighted by Crippen LogP contribution is -2.75. The predicted octanol–water partition coefficient (Wildman–Crippen LogP) is 3.00. The number of hydrogen-bond acceptors (Lipinski definition) is 17. The van der Waals surface area contributed by atoms with E-state index in [1.165, 1.54) is 52.6 Å². The largest absolute Gasteiger partial charge is 0.618 e. The molecule has 4 fully saturated rings. The molecule has 75 heavy (non-hydrogen) atoms. The summed E-state index contributed by atoms with van der Waals surface area (Å²) in [5.74, 6) is -2.08. The maximum atomic E-state index is 14.5. The van der Waals surface area contributed by atoms with Gasteiger partial charge < -0.3 is 57.6 Å². The van der Waals surface area contributed by atoms with Crippen LogP contribution in [0, 0.1) is 12.1 Å². The number of carbonyl (C=O) groups is 5. The molecule has 4 aromatic rings. The number of aryl methyl sites for hydroxylation is 1. The van der Waals surface area contributed by atoms with Crippen LogP contribution >= 0.6 is 11.3 Å². The van der Waals surface area contributed by atoms with Gasteiger partial charge in [-0.15, -0.1) is 11.3 Å². The highest BCUT2D eigenvalue weighted by atomic mass is 32.2. The summed E-state index contributed by atoms with van der Waals surface area (Å²) in [6.07, 6.45) is 2.32. The van der Waals surface area contributed by atoms with E-state index in [2.05, 4.69) is 15.5 Å². The lowest BCUT2D eigenvalue weighted by molar-refractivity contribution is -0.924. The minimum absolute atomic E-state index is 0.0596. The molecule has 0 saturated carbocycles. The third-order valence-corrected chi connectivity index (χ3v) is 15.9. The molecule has 7 heterocycles. The number of ether oxygens (including phenoxy) is 5. The van der Waals surface area contributed by atoms with E-state index in [1.54, 1.807) is 81.5 Å². The second-order valence-electron chi connectivity index (χ2n) is 20.2. The van der Waals surface area contributed by atoms with E-state index >= 15 is 0 Å². The molecule has 398 valence electrons. The summed E-state index contributed by atoms with van der Waals surface area (Å²) in [6.45, 7) is 11.7. The van der Waals surface area contributed by atoms with Crippen molar-refractivity contribution in [2.24, 2.45) is 5.16 Å². The second-order valence-corrected chi connectivity index (χ2v) is 22.8. The molecule has 9 rings (SSSR count). The zero-order valence-electron chi connectivity index (χ0n) is 43.4. The van der Waals surface area contributed by atoms with Gasteiger partial charge in [-0.25, -0.2) is 14.6 Å². The Morgan fingerprint density at radius 2 is 1.60 bits per heavy atom. The van der Waals surface area contributed by atoms with Crippen molar-refractivity contribution in [3.8, 4) is 23.0 Å². The molecular weight excluding hydrogens is 1010 g/mol. The number of carbonyl (C=O) groups excluding carboxylic acids is 5. The smallest absolute Gasteiger partial charge is 0.355 e. The van der Waals surface area contributed by atoms with E-state index in [9.17, 15) is 33.7 Å². The molecule has 1 N–H and O–H groups in total. The molecular formula is C51H61BN7O14S2+. The van der Waals surface area contributed by atoms with Crippen LogP contribution < -0.4 is 28.9 Å². The number of hydrogen-bond donors (Lipinski definition) is 1. The molecule has 21 nitrogen and oxygen atoms in total. The average molecular weight is 1070 g/mol. The summed E-state index contributed by atoms with van der Waals surface area (Å²) >= 11 is -0.610. The number of piperidine rings is 1. The van der Waals surface area contributed by atoms with E-state index in [0.717, 1.165) is 10.5 Å². The van der Waals surface area contributed by atoms with Crippen LogP contribution in [0.15, 0.2) is 82.6 Å². The van der Waals surface area contributed by atoms with Crippen LogP contribution in [0.1, 0.15) is 79.8 Å². The molecule has 5 aliphatic heterocycles. The summed E-state index contributed by atoms with van der Waals surface area (Å²) < 4.78 is 48.8. The quantitative estimate of drug-likeness (QED) is 0.0173. The van der Waals surface area contributed by atoms with Crippen LogP contribution in [-0.4, -0.2) is 149 Å². The maximum Gasteiger partial charge on any atom is 0.355 e. The van der Waals surface area contributed by atoms with Crippen molar-refractivity contribution in [1.82, 2.24) is 20.1 Å². The minimum Gasteiger partial charge on any atom is -0.618 e. The fourth-order valence-corrected chi connectivity index (χ4v) is 11.7. The molecule has 5 aliphatic rings. The molecule has 2 aromatic heterocycles. The van der Waals surface area contributed by atoms with Crippen LogP contribution in [-0.2, 0) is 57.9 Å². The molecule has 0 aliphatic carbocycles. The Kier molecular flexibility index (Phi) is 16.1. The second kappa shape index (κ2) is 22.1. The number of fused-ring (bicyclic) bond motifs is 5. The number of benzene rings is 2. The number of β-lactam (4-membered cyclic amide) rings is 1. The van der Waals surface area contributed by atoms with E-state index in [-0.39, 0.29) is 72.4 Å². The van der Waals surface area contributed by atoms with Crippen molar-refractivity contribution in [2.75, 3.05) is 52.7 Å². The molecule has 2 bridgehead atoms. The number of methoxy groups -OCH3 is 2. The normalized spacial score (nSPS) is 21.6. The van der Waals surface area contributed by atoms with Crippen molar-refractivity contribution in [2.45, 2.75) is 96.3 Å². The number of aromatic nitrogens is 2. The molecule has 3 amide bonds. The van der Waals surface area contributed by atoms with Gasteiger partial charge in [0.15, 0.2) is 17.5 Å². The van der Waals surface area contributed by atoms with Gasteiger partial charge in [0.25, 0.3) is 17.5 Å². The van der Waals surface area contributed by atoms with Gasteiger partial charge in [-0.05, 0) is 88.1 Å². The van der Waals surface area contributed by atoms with Gasteiger partial charge >= 0.3 is 25.9 Å².